The number of amidine groups is 1. The number of carbonyl (C=O) groups is 1. The third-order valence-electron chi connectivity index (χ3n) is 7.33. The minimum atomic E-state index is -0.691. The van der Waals surface area contributed by atoms with Crippen LogP contribution in [0.4, 0.5) is 10.5 Å². The molecule has 0 spiro atoms. The number of hydrogen-bond donors (Lipinski definition) is 2. The third-order valence-corrected chi connectivity index (χ3v) is 7.33. The number of benzene rings is 2. The fourth-order valence-electron chi connectivity index (χ4n) is 5.25. The van der Waals surface area contributed by atoms with Gasteiger partial charge in [-0.1, -0.05) is 62.2 Å². The van der Waals surface area contributed by atoms with Crippen molar-refractivity contribution in [1.82, 2.24) is 5.32 Å². The normalized spacial score (nSPS) is 20.3. The highest BCUT2D eigenvalue weighted by atomic mass is 16.6. The summed E-state index contributed by atoms with van der Waals surface area (Å²) >= 11 is 0. The minimum Gasteiger partial charge on any atom is -0.444 e. The van der Waals surface area contributed by atoms with Crippen LogP contribution >= 0.6 is 0 Å². The Balaban J connectivity index is 1.77. The van der Waals surface area contributed by atoms with Crippen molar-refractivity contribution >= 4 is 23.3 Å². The number of alkyl carbamates (subject to hydrolysis) is 1. The lowest BCUT2D eigenvalue weighted by Gasteiger charge is -2.27. The van der Waals surface area contributed by atoms with Crippen molar-refractivity contribution in [2.45, 2.75) is 65.4 Å². The topological polar surface area (TPSA) is 132 Å². The van der Waals surface area contributed by atoms with Crippen LogP contribution in [0.1, 0.15) is 64.5 Å². The van der Waals surface area contributed by atoms with Crippen molar-refractivity contribution in [3.05, 3.63) is 99.5 Å². The van der Waals surface area contributed by atoms with E-state index in [1.54, 1.807) is 39.0 Å². The van der Waals surface area contributed by atoms with Crippen LogP contribution in [0, 0.1) is 27.9 Å². The molecule has 9 nitrogen and oxygen atoms in total. The van der Waals surface area contributed by atoms with Gasteiger partial charge in [-0.05, 0) is 63.5 Å². The highest BCUT2D eigenvalue weighted by molar-refractivity contribution is 6.05. The van der Waals surface area contributed by atoms with Crippen molar-refractivity contribution in [2.24, 2.45) is 33.5 Å². The molecular weight excluding hydrogens is 518 g/mol. The van der Waals surface area contributed by atoms with Crippen LogP contribution in [0.15, 0.2) is 88.3 Å². The molecule has 0 bridgehead atoms. The van der Waals surface area contributed by atoms with E-state index in [9.17, 15) is 14.9 Å². The molecule has 2 unspecified atom stereocenters. The molecule has 0 saturated heterocycles. The maximum absolute atomic E-state index is 12.8. The third kappa shape index (κ3) is 8.36. The first kappa shape index (κ1) is 29.7. The van der Waals surface area contributed by atoms with Crippen LogP contribution in [0.25, 0.3) is 0 Å². The fourth-order valence-corrected chi connectivity index (χ4v) is 5.25. The molecule has 4 rings (SSSR count). The van der Waals surface area contributed by atoms with Crippen LogP contribution in [0.3, 0.4) is 0 Å². The summed E-state index contributed by atoms with van der Waals surface area (Å²) in [6, 6.07) is 16.6. The molecule has 1 aliphatic heterocycles. The summed E-state index contributed by atoms with van der Waals surface area (Å²) in [5.74, 6) is 0.826. The lowest BCUT2D eigenvalue weighted by atomic mass is 9.81. The van der Waals surface area contributed by atoms with Gasteiger partial charge < -0.3 is 10.5 Å². The van der Waals surface area contributed by atoms with Gasteiger partial charge in [0.1, 0.15) is 11.4 Å². The molecule has 9 heteroatoms. The van der Waals surface area contributed by atoms with Gasteiger partial charge in [-0.3, -0.25) is 15.4 Å². The number of allylic oxidation sites excluding steroid dienone is 2. The van der Waals surface area contributed by atoms with Gasteiger partial charge in [-0.2, -0.15) is 0 Å². The standard InChI is InChI=1S/C32H39N5O4/c1-21-25(17-22-11-6-5-7-12-22)19-28(35-30(21)24-15-10-16-26(18-24)37(39)40)34-29(36-31(38)41-32(2,3)4)20-27(33)23-13-8-9-14-23/h5-7,10-12,15-16,18-21,23,25H,8-9,13-14,17,33H2,1-4H3,(H,34,36,38)/b27-20-. The average molecular weight is 558 g/mol. The van der Waals surface area contributed by atoms with Crippen LogP contribution in [0.5, 0.6) is 0 Å². The van der Waals surface area contributed by atoms with E-state index in [1.165, 1.54) is 6.07 Å². The Labute approximate surface area is 241 Å². The molecule has 1 saturated carbocycles. The van der Waals surface area contributed by atoms with E-state index in [0.29, 0.717) is 22.8 Å². The number of nitrogens with one attached hydrogen (secondary N) is 1. The predicted molar refractivity (Wildman–Crippen MR) is 162 cm³/mol. The molecule has 2 aromatic carbocycles. The van der Waals surface area contributed by atoms with Gasteiger partial charge in [0.2, 0.25) is 0 Å². The molecule has 0 radical (unpaired) electrons. The molecule has 216 valence electrons. The Morgan fingerprint density at radius 3 is 2.54 bits per heavy atom. The highest BCUT2D eigenvalue weighted by Crippen LogP contribution is 2.32. The fraction of sp³-hybridized carbons (Fsp3) is 0.406. The molecule has 2 aromatic rings. The Hall–Kier alpha value is -4.27. The Morgan fingerprint density at radius 1 is 1.17 bits per heavy atom. The molecule has 1 aliphatic carbocycles. The number of nitro groups is 1. The summed E-state index contributed by atoms with van der Waals surface area (Å²) in [5.41, 5.74) is 8.94. The molecular formula is C32H39N5O4. The number of ether oxygens (including phenoxy) is 1. The number of carbonyl (C=O) groups excluding carboxylic acids is 1. The van der Waals surface area contributed by atoms with Crippen molar-refractivity contribution < 1.29 is 14.5 Å². The van der Waals surface area contributed by atoms with E-state index in [4.69, 9.17) is 20.5 Å². The van der Waals surface area contributed by atoms with E-state index >= 15 is 0 Å². The number of aliphatic imine (C=N–C) groups is 2. The van der Waals surface area contributed by atoms with Crippen LogP contribution in [-0.4, -0.2) is 28.2 Å². The van der Waals surface area contributed by atoms with E-state index < -0.39 is 16.6 Å². The van der Waals surface area contributed by atoms with E-state index in [2.05, 4.69) is 24.4 Å². The second-order valence-corrected chi connectivity index (χ2v) is 11.7. The first-order valence-electron chi connectivity index (χ1n) is 14.1. The van der Waals surface area contributed by atoms with Gasteiger partial charge in [0.05, 0.1) is 10.6 Å². The molecule has 1 fully saturated rings. The van der Waals surface area contributed by atoms with Crippen molar-refractivity contribution in [1.29, 1.82) is 0 Å². The number of nitrogens with two attached hydrogens (primary N) is 1. The smallest absolute Gasteiger partial charge is 0.413 e. The quantitative estimate of drug-likeness (QED) is 0.169. The Morgan fingerprint density at radius 2 is 1.88 bits per heavy atom. The van der Waals surface area contributed by atoms with Gasteiger partial charge in [0, 0.05) is 35.4 Å². The van der Waals surface area contributed by atoms with Gasteiger partial charge in [-0.15, -0.1) is 0 Å². The minimum absolute atomic E-state index is 0.00171. The number of rotatable bonds is 7. The largest absolute Gasteiger partial charge is 0.444 e. The summed E-state index contributed by atoms with van der Waals surface area (Å²) in [5, 5.41) is 14.3. The number of nitrogens with zero attached hydrogens (tertiary/aromatic N) is 3. The average Bonchev–Trinajstić information content (AvgIpc) is 3.45. The van der Waals surface area contributed by atoms with Gasteiger partial charge >= 0.3 is 6.09 Å². The molecule has 0 aromatic heterocycles. The number of non-ortho nitro benzene ring substituents is 1. The second kappa shape index (κ2) is 12.9. The van der Waals surface area contributed by atoms with Gasteiger partial charge in [-0.25, -0.2) is 14.8 Å². The molecule has 1 amide bonds. The number of nitro benzene ring substituents is 1. The van der Waals surface area contributed by atoms with Crippen LogP contribution in [0.2, 0.25) is 0 Å². The summed E-state index contributed by atoms with van der Waals surface area (Å²) in [6.07, 6.45) is 8.01. The zero-order valence-electron chi connectivity index (χ0n) is 24.2. The van der Waals surface area contributed by atoms with Crippen molar-refractivity contribution in [3.63, 3.8) is 0 Å². The van der Waals surface area contributed by atoms with Crippen molar-refractivity contribution in [3.8, 4) is 0 Å². The SMILES string of the molecule is CC1C(c2cccc([N+](=O)[O-])c2)=NC(N=C(/C=C(\N)C2CCCC2)NC(=O)OC(C)(C)C)=CC1Cc1ccccc1. The van der Waals surface area contributed by atoms with Gasteiger partial charge in [0.25, 0.3) is 5.69 Å². The molecule has 1 heterocycles. The maximum atomic E-state index is 12.8. The van der Waals surface area contributed by atoms with Crippen LogP contribution < -0.4 is 11.1 Å². The highest BCUT2D eigenvalue weighted by Gasteiger charge is 2.28. The summed E-state index contributed by atoms with van der Waals surface area (Å²) in [7, 11) is 0. The lowest BCUT2D eigenvalue weighted by molar-refractivity contribution is -0.384. The van der Waals surface area contributed by atoms with Crippen molar-refractivity contribution in [2.75, 3.05) is 0 Å². The van der Waals surface area contributed by atoms with E-state index in [-0.39, 0.29) is 29.3 Å². The molecule has 2 atom stereocenters. The maximum Gasteiger partial charge on any atom is 0.413 e. The Bertz CT molecular complexity index is 1380. The Kier molecular flexibility index (Phi) is 9.37. The van der Waals surface area contributed by atoms with E-state index in [1.807, 2.05) is 30.3 Å². The first-order chi connectivity index (χ1) is 19.5. The molecule has 2 aliphatic rings. The number of hydrogen-bond acceptors (Lipinski definition) is 7. The lowest BCUT2D eigenvalue weighted by Crippen LogP contribution is -2.36. The zero-order chi connectivity index (χ0) is 29.6. The number of amides is 1. The molecule has 3 N–H and O–H groups in total. The second-order valence-electron chi connectivity index (χ2n) is 11.7. The zero-order valence-corrected chi connectivity index (χ0v) is 24.2. The summed E-state index contributed by atoms with van der Waals surface area (Å²) in [4.78, 5) is 33.5. The van der Waals surface area contributed by atoms with Crippen LogP contribution in [-0.2, 0) is 11.2 Å². The first-order valence-corrected chi connectivity index (χ1v) is 14.1. The molecule has 41 heavy (non-hydrogen) atoms. The summed E-state index contributed by atoms with van der Waals surface area (Å²) in [6.45, 7) is 7.45. The summed E-state index contributed by atoms with van der Waals surface area (Å²) < 4.78 is 5.49. The van der Waals surface area contributed by atoms with E-state index in [0.717, 1.165) is 37.7 Å². The monoisotopic (exact) mass is 557 g/mol. The van der Waals surface area contributed by atoms with Gasteiger partial charge in [0.15, 0.2) is 5.82 Å². The predicted octanol–water partition coefficient (Wildman–Crippen LogP) is 6.69.